The number of carbonyl (C=O) groups excluding carboxylic acids is 1. The minimum atomic E-state index is -3.93. The molecule has 0 aliphatic carbocycles. The predicted molar refractivity (Wildman–Crippen MR) is 76.6 cm³/mol. The zero-order valence-corrected chi connectivity index (χ0v) is 12.7. The highest BCUT2D eigenvalue weighted by Gasteiger charge is 2.27. The lowest BCUT2D eigenvalue weighted by atomic mass is 10.3. The maximum absolute atomic E-state index is 12.4. The van der Waals surface area contributed by atoms with Gasteiger partial charge in [0.2, 0.25) is 10.0 Å². The Hall–Kier alpha value is -1.58. The number of sulfonamides is 1. The van der Waals surface area contributed by atoms with Gasteiger partial charge in [-0.3, -0.25) is 9.78 Å². The number of hydrogen-bond acceptors (Lipinski definition) is 6. The first kappa shape index (κ1) is 16.5. The van der Waals surface area contributed by atoms with Crippen molar-refractivity contribution in [2.24, 2.45) is 5.73 Å². The SMILES string of the molecule is CCOC(=O)CN(C)S(=O)(=O)c1cccnc1C(N)=S. The van der Waals surface area contributed by atoms with Crippen LogP contribution in [0.1, 0.15) is 12.6 Å². The van der Waals surface area contributed by atoms with Gasteiger partial charge in [0.15, 0.2) is 0 Å². The van der Waals surface area contributed by atoms with Gasteiger partial charge in [-0.2, -0.15) is 4.31 Å². The highest BCUT2D eigenvalue weighted by atomic mass is 32.2. The Morgan fingerprint density at radius 3 is 2.75 bits per heavy atom. The van der Waals surface area contributed by atoms with Crippen LogP contribution in [0.2, 0.25) is 0 Å². The van der Waals surface area contributed by atoms with Crippen molar-refractivity contribution in [3.63, 3.8) is 0 Å². The molecule has 0 atom stereocenters. The van der Waals surface area contributed by atoms with Crippen LogP contribution in [-0.2, 0) is 19.6 Å². The van der Waals surface area contributed by atoms with Crippen LogP contribution in [0.3, 0.4) is 0 Å². The molecule has 9 heteroatoms. The van der Waals surface area contributed by atoms with Gasteiger partial charge in [-0.1, -0.05) is 12.2 Å². The molecule has 0 radical (unpaired) electrons. The molecule has 0 aliphatic heterocycles. The third kappa shape index (κ3) is 3.71. The molecule has 1 heterocycles. The van der Waals surface area contributed by atoms with E-state index in [1.54, 1.807) is 6.92 Å². The number of nitrogens with zero attached hydrogens (tertiary/aromatic N) is 2. The molecule has 1 aromatic rings. The lowest BCUT2D eigenvalue weighted by molar-refractivity contribution is -0.143. The maximum atomic E-state index is 12.4. The predicted octanol–water partition coefficient (Wildman–Crippen LogP) is -0.101. The van der Waals surface area contributed by atoms with Gasteiger partial charge in [-0.05, 0) is 19.1 Å². The summed E-state index contributed by atoms with van der Waals surface area (Å²) in [5, 5.41) is 0. The number of pyridine rings is 1. The standard InChI is InChI=1S/C11H15N3O4S2/c1-3-18-9(15)7-14(2)20(16,17)8-5-4-6-13-10(8)11(12)19/h4-6H,3,7H2,1-2H3,(H2,12,19). The summed E-state index contributed by atoms with van der Waals surface area (Å²) in [5.41, 5.74) is 5.45. The van der Waals surface area contributed by atoms with Crippen molar-refractivity contribution in [1.82, 2.24) is 9.29 Å². The molecular weight excluding hydrogens is 302 g/mol. The average molecular weight is 317 g/mol. The van der Waals surface area contributed by atoms with E-state index >= 15 is 0 Å². The quantitative estimate of drug-likeness (QED) is 0.577. The summed E-state index contributed by atoms with van der Waals surface area (Å²) in [6.45, 7) is 1.41. The highest BCUT2D eigenvalue weighted by Crippen LogP contribution is 2.17. The van der Waals surface area contributed by atoms with Crippen LogP contribution < -0.4 is 5.73 Å². The van der Waals surface area contributed by atoms with Gasteiger partial charge in [0.1, 0.15) is 22.1 Å². The summed E-state index contributed by atoms with van der Waals surface area (Å²) in [6, 6.07) is 2.78. The van der Waals surface area contributed by atoms with E-state index in [4.69, 9.17) is 22.7 Å². The summed E-state index contributed by atoms with van der Waals surface area (Å²) in [7, 11) is -2.66. The minimum absolute atomic E-state index is 0.00166. The lowest BCUT2D eigenvalue weighted by Crippen LogP contribution is -2.34. The molecule has 0 aliphatic rings. The molecule has 0 saturated heterocycles. The van der Waals surface area contributed by atoms with E-state index in [0.717, 1.165) is 4.31 Å². The van der Waals surface area contributed by atoms with Crippen LogP contribution in [0.25, 0.3) is 0 Å². The fraction of sp³-hybridized carbons (Fsp3) is 0.364. The summed E-state index contributed by atoms with van der Waals surface area (Å²) < 4.78 is 30.3. The van der Waals surface area contributed by atoms with Crippen molar-refractivity contribution >= 4 is 33.2 Å². The summed E-state index contributed by atoms with van der Waals surface area (Å²) in [4.78, 5) is 14.9. The molecule has 0 saturated carbocycles. The second kappa shape index (κ2) is 6.73. The minimum Gasteiger partial charge on any atom is -0.465 e. The topological polar surface area (TPSA) is 103 Å². The molecule has 0 amide bonds. The molecule has 0 aromatic carbocycles. The Kier molecular flexibility index (Phi) is 5.54. The van der Waals surface area contributed by atoms with E-state index in [1.807, 2.05) is 0 Å². The summed E-state index contributed by atoms with van der Waals surface area (Å²) in [5.74, 6) is -0.639. The second-order valence-electron chi connectivity index (χ2n) is 3.78. The Labute approximate surface area is 122 Å². The smallest absolute Gasteiger partial charge is 0.321 e. The van der Waals surface area contributed by atoms with Crippen molar-refractivity contribution in [3.8, 4) is 0 Å². The van der Waals surface area contributed by atoms with Crippen molar-refractivity contribution < 1.29 is 17.9 Å². The number of carbonyl (C=O) groups is 1. The number of rotatable bonds is 6. The van der Waals surface area contributed by atoms with Crippen molar-refractivity contribution in [1.29, 1.82) is 0 Å². The van der Waals surface area contributed by atoms with Gasteiger partial charge < -0.3 is 10.5 Å². The molecule has 7 nitrogen and oxygen atoms in total. The maximum Gasteiger partial charge on any atom is 0.321 e. The molecule has 1 rings (SSSR count). The molecule has 2 N–H and O–H groups in total. The van der Waals surface area contributed by atoms with E-state index in [0.29, 0.717) is 0 Å². The molecule has 1 aromatic heterocycles. The van der Waals surface area contributed by atoms with Gasteiger partial charge in [-0.25, -0.2) is 8.42 Å². The average Bonchev–Trinajstić information content (AvgIpc) is 2.38. The molecule has 0 spiro atoms. The third-order valence-electron chi connectivity index (χ3n) is 2.35. The van der Waals surface area contributed by atoms with E-state index in [1.165, 1.54) is 25.4 Å². The Morgan fingerprint density at radius 1 is 1.55 bits per heavy atom. The van der Waals surface area contributed by atoms with E-state index < -0.39 is 22.5 Å². The van der Waals surface area contributed by atoms with Crippen LogP contribution >= 0.6 is 12.2 Å². The number of aromatic nitrogens is 1. The molecular formula is C11H15N3O4S2. The first-order valence-corrected chi connectivity index (χ1v) is 7.52. The fourth-order valence-electron chi connectivity index (χ4n) is 1.43. The van der Waals surface area contributed by atoms with Gasteiger partial charge in [0, 0.05) is 13.2 Å². The monoisotopic (exact) mass is 317 g/mol. The van der Waals surface area contributed by atoms with Crippen LogP contribution in [-0.4, -0.2) is 48.9 Å². The lowest BCUT2D eigenvalue weighted by Gasteiger charge is -2.17. The number of esters is 1. The van der Waals surface area contributed by atoms with E-state index in [9.17, 15) is 13.2 Å². The number of thiocarbonyl (C=S) groups is 1. The summed E-state index contributed by atoms with van der Waals surface area (Å²) in [6.07, 6.45) is 1.39. The van der Waals surface area contributed by atoms with Crippen LogP contribution in [0, 0.1) is 0 Å². The van der Waals surface area contributed by atoms with Gasteiger partial charge in [0.05, 0.1) is 6.61 Å². The van der Waals surface area contributed by atoms with Gasteiger partial charge >= 0.3 is 5.97 Å². The molecule has 0 fully saturated rings. The van der Waals surface area contributed by atoms with Gasteiger partial charge in [-0.15, -0.1) is 0 Å². The van der Waals surface area contributed by atoms with Crippen molar-refractivity contribution in [3.05, 3.63) is 24.0 Å². The van der Waals surface area contributed by atoms with Crippen LogP contribution in [0.15, 0.2) is 23.2 Å². The molecule has 0 unspecified atom stereocenters. The van der Waals surface area contributed by atoms with Crippen LogP contribution in [0.4, 0.5) is 0 Å². The molecule has 0 bridgehead atoms. The second-order valence-corrected chi connectivity index (χ2v) is 6.23. The number of hydrogen-bond donors (Lipinski definition) is 1. The number of nitrogens with two attached hydrogens (primary N) is 1. The number of ether oxygens (including phenoxy) is 1. The highest BCUT2D eigenvalue weighted by molar-refractivity contribution is 7.89. The third-order valence-corrected chi connectivity index (χ3v) is 4.38. The zero-order chi connectivity index (χ0) is 15.3. The van der Waals surface area contributed by atoms with E-state index in [-0.39, 0.29) is 22.2 Å². The van der Waals surface area contributed by atoms with Crippen molar-refractivity contribution in [2.75, 3.05) is 20.2 Å². The van der Waals surface area contributed by atoms with Crippen LogP contribution in [0.5, 0.6) is 0 Å². The molecule has 20 heavy (non-hydrogen) atoms. The number of likely N-dealkylation sites (N-methyl/N-ethyl adjacent to an activating group) is 1. The fourth-order valence-corrected chi connectivity index (χ4v) is 2.92. The normalized spacial score (nSPS) is 11.3. The largest absolute Gasteiger partial charge is 0.465 e. The summed E-state index contributed by atoms with van der Waals surface area (Å²) >= 11 is 4.78. The Morgan fingerprint density at radius 2 is 2.20 bits per heavy atom. The Bertz CT molecular complexity index is 616. The first-order valence-electron chi connectivity index (χ1n) is 5.67. The molecule has 110 valence electrons. The Balaban J connectivity index is 3.11. The zero-order valence-electron chi connectivity index (χ0n) is 11.1. The van der Waals surface area contributed by atoms with Gasteiger partial charge in [0.25, 0.3) is 0 Å². The van der Waals surface area contributed by atoms with E-state index in [2.05, 4.69) is 4.98 Å². The van der Waals surface area contributed by atoms with Crippen molar-refractivity contribution in [2.45, 2.75) is 11.8 Å². The first-order chi connectivity index (χ1) is 9.30.